The molecule has 1 heterocycles. The average Bonchev–Trinajstić information content (AvgIpc) is 2.26. The van der Waals surface area contributed by atoms with Crippen molar-refractivity contribution in [2.75, 3.05) is 7.11 Å². The van der Waals surface area contributed by atoms with E-state index in [0.29, 0.717) is 0 Å². The summed E-state index contributed by atoms with van der Waals surface area (Å²) in [6.45, 7) is 0. The Bertz CT molecular complexity index is 481. The van der Waals surface area contributed by atoms with Crippen molar-refractivity contribution in [3.05, 3.63) is 31.9 Å². The van der Waals surface area contributed by atoms with Gasteiger partial charge >= 0.3 is 18.2 Å². The summed E-state index contributed by atoms with van der Waals surface area (Å²) in [5, 5.41) is 10.5. The minimum absolute atomic E-state index is 0.174. The number of esters is 1. The molecule has 1 rings (SSSR count). The zero-order chi connectivity index (χ0) is 13.2. The molecule has 17 heavy (non-hydrogen) atoms. The maximum Gasteiger partial charge on any atom is 0.378 e. The first-order valence-electron chi connectivity index (χ1n) is 4.09. The third-order valence-corrected chi connectivity index (χ3v) is 2.36. The second-order valence-electron chi connectivity index (χ2n) is 2.78. The van der Waals surface area contributed by atoms with Crippen molar-refractivity contribution in [3.8, 4) is 0 Å². The molecule has 0 N–H and O–H groups in total. The molecule has 0 atom stereocenters. The fraction of sp³-hybridized carbons (Fsp3) is 0.250. The van der Waals surface area contributed by atoms with Gasteiger partial charge in [0.25, 0.3) is 0 Å². The topological polar surface area (TPSA) is 82.3 Å². The molecule has 1 aromatic heterocycles. The van der Waals surface area contributed by atoms with Crippen LogP contribution in [0.15, 0.2) is 10.5 Å². The number of rotatable bonds is 3. The predicted molar refractivity (Wildman–Crippen MR) is 54.9 cm³/mol. The van der Waals surface area contributed by atoms with Crippen molar-refractivity contribution in [2.45, 2.75) is 6.43 Å². The minimum Gasteiger partial charge on any atom is -0.465 e. The number of hydrogen-bond donors (Lipinski definition) is 0. The molecule has 6 nitrogen and oxygen atoms in total. The molecule has 1 aromatic rings. The molecule has 0 amide bonds. The van der Waals surface area contributed by atoms with Crippen molar-refractivity contribution in [1.29, 1.82) is 0 Å². The Morgan fingerprint density at radius 3 is 2.65 bits per heavy atom. The Morgan fingerprint density at radius 2 is 2.24 bits per heavy atom. The third kappa shape index (κ3) is 2.73. The van der Waals surface area contributed by atoms with Crippen LogP contribution < -0.4 is 0 Å². The Balaban J connectivity index is 3.46. The molecule has 0 aromatic carbocycles. The molecule has 0 saturated carbocycles. The SMILES string of the molecule is COC(=O)c1cc(Br)c([N+](=O)[O-])nc1C(F)F. The Morgan fingerprint density at radius 1 is 1.65 bits per heavy atom. The number of carbonyl (C=O) groups is 1. The van der Waals surface area contributed by atoms with Crippen molar-refractivity contribution in [3.63, 3.8) is 0 Å². The van der Waals surface area contributed by atoms with Crippen LogP contribution in [0.4, 0.5) is 14.6 Å². The Kier molecular flexibility index (Phi) is 4.05. The van der Waals surface area contributed by atoms with Crippen LogP contribution in [0.5, 0.6) is 0 Å². The Labute approximate surface area is 102 Å². The summed E-state index contributed by atoms with van der Waals surface area (Å²) in [4.78, 5) is 23.9. The fourth-order valence-corrected chi connectivity index (χ4v) is 1.52. The van der Waals surface area contributed by atoms with Crippen LogP contribution in [-0.2, 0) is 4.74 Å². The van der Waals surface area contributed by atoms with Gasteiger partial charge in [0.2, 0.25) is 5.69 Å². The van der Waals surface area contributed by atoms with E-state index in [0.717, 1.165) is 13.2 Å². The first-order valence-corrected chi connectivity index (χ1v) is 4.89. The summed E-state index contributed by atoms with van der Waals surface area (Å²) >= 11 is 2.77. The van der Waals surface area contributed by atoms with Crippen LogP contribution in [0.25, 0.3) is 0 Å². The average molecular weight is 311 g/mol. The number of hydrogen-bond acceptors (Lipinski definition) is 5. The van der Waals surface area contributed by atoms with E-state index in [9.17, 15) is 23.7 Å². The maximum absolute atomic E-state index is 12.6. The fourth-order valence-electron chi connectivity index (χ4n) is 1.06. The predicted octanol–water partition coefficient (Wildman–Crippen LogP) is 2.48. The van der Waals surface area contributed by atoms with E-state index in [1.54, 1.807) is 0 Å². The van der Waals surface area contributed by atoms with Gasteiger partial charge in [0, 0.05) is 0 Å². The zero-order valence-corrected chi connectivity index (χ0v) is 9.90. The zero-order valence-electron chi connectivity index (χ0n) is 8.32. The standard InChI is InChI=1S/C8H5BrF2N2O4/c1-17-8(14)3-2-4(9)7(13(15)16)12-5(3)6(10)11/h2,6H,1H3. The van der Waals surface area contributed by atoms with Gasteiger partial charge in [-0.05, 0) is 31.9 Å². The lowest BCUT2D eigenvalue weighted by Crippen LogP contribution is -2.10. The first-order chi connectivity index (χ1) is 7.88. The second-order valence-corrected chi connectivity index (χ2v) is 3.63. The molecule has 0 unspecified atom stereocenters. The summed E-state index contributed by atoms with van der Waals surface area (Å²) in [5.74, 6) is -1.82. The highest BCUT2D eigenvalue weighted by molar-refractivity contribution is 9.10. The highest BCUT2D eigenvalue weighted by Gasteiger charge is 2.30. The highest BCUT2D eigenvalue weighted by atomic mass is 79.9. The third-order valence-electron chi connectivity index (χ3n) is 1.77. The monoisotopic (exact) mass is 310 g/mol. The van der Waals surface area contributed by atoms with E-state index in [1.165, 1.54) is 0 Å². The number of ether oxygens (including phenoxy) is 1. The number of carbonyl (C=O) groups excluding carboxylic acids is 1. The first kappa shape index (κ1) is 13.4. The molecule has 0 aliphatic rings. The normalized spacial score (nSPS) is 10.4. The second kappa shape index (κ2) is 5.13. The lowest BCUT2D eigenvalue weighted by Gasteiger charge is -2.04. The smallest absolute Gasteiger partial charge is 0.378 e. The van der Waals surface area contributed by atoms with E-state index < -0.39 is 34.4 Å². The molecule has 0 bridgehead atoms. The molecule has 0 aliphatic heterocycles. The van der Waals surface area contributed by atoms with Gasteiger partial charge in [-0.3, -0.25) is 0 Å². The molecule has 0 fully saturated rings. The van der Waals surface area contributed by atoms with E-state index in [2.05, 4.69) is 25.7 Å². The molecular formula is C8H5BrF2N2O4. The number of nitro groups is 1. The van der Waals surface area contributed by atoms with Crippen LogP contribution in [0.3, 0.4) is 0 Å². The van der Waals surface area contributed by atoms with Gasteiger partial charge < -0.3 is 14.9 Å². The van der Waals surface area contributed by atoms with Crippen LogP contribution in [-0.4, -0.2) is 23.0 Å². The summed E-state index contributed by atoms with van der Waals surface area (Å²) in [6.07, 6.45) is -3.11. The summed E-state index contributed by atoms with van der Waals surface area (Å²) in [6, 6.07) is 0.887. The van der Waals surface area contributed by atoms with Gasteiger partial charge in [-0.15, -0.1) is 0 Å². The van der Waals surface area contributed by atoms with E-state index >= 15 is 0 Å². The van der Waals surface area contributed by atoms with Crippen LogP contribution in [0.2, 0.25) is 0 Å². The van der Waals surface area contributed by atoms with E-state index in [4.69, 9.17) is 0 Å². The molecule has 0 aliphatic carbocycles. The van der Waals surface area contributed by atoms with Crippen LogP contribution in [0, 0.1) is 10.1 Å². The lowest BCUT2D eigenvalue weighted by molar-refractivity contribution is -0.390. The maximum atomic E-state index is 12.6. The molecule has 0 radical (unpaired) electrons. The van der Waals surface area contributed by atoms with Gasteiger partial charge in [-0.1, -0.05) is 0 Å². The van der Waals surface area contributed by atoms with Crippen molar-refractivity contribution >= 4 is 27.7 Å². The van der Waals surface area contributed by atoms with Crippen LogP contribution in [0.1, 0.15) is 22.5 Å². The van der Waals surface area contributed by atoms with Crippen molar-refractivity contribution in [1.82, 2.24) is 4.98 Å². The molecule has 0 spiro atoms. The number of alkyl halides is 2. The summed E-state index contributed by atoms with van der Waals surface area (Å²) < 4.78 is 29.3. The largest absolute Gasteiger partial charge is 0.465 e. The number of halogens is 3. The van der Waals surface area contributed by atoms with E-state index in [-0.39, 0.29) is 4.47 Å². The van der Waals surface area contributed by atoms with Crippen molar-refractivity contribution < 1.29 is 23.2 Å². The van der Waals surface area contributed by atoms with Gasteiger partial charge in [0.15, 0.2) is 0 Å². The van der Waals surface area contributed by atoms with E-state index in [1.807, 2.05) is 0 Å². The Hall–Kier alpha value is -1.64. The quantitative estimate of drug-likeness (QED) is 0.486. The number of pyridine rings is 1. The summed E-state index contributed by atoms with van der Waals surface area (Å²) in [7, 11) is 1.01. The molecule has 9 heteroatoms. The molecule has 92 valence electrons. The van der Waals surface area contributed by atoms with Crippen LogP contribution >= 0.6 is 15.9 Å². The molecule has 0 saturated heterocycles. The molecular weight excluding hydrogens is 306 g/mol. The van der Waals surface area contributed by atoms with Gasteiger partial charge in [0.1, 0.15) is 10.0 Å². The van der Waals surface area contributed by atoms with Crippen molar-refractivity contribution in [2.24, 2.45) is 0 Å². The van der Waals surface area contributed by atoms with Gasteiger partial charge in [0.05, 0.1) is 7.11 Å². The van der Waals surface area contributed by atoms with Gasteiger partial charge in [-0.2, -0.15) is 0 Å². The van der Waals surface area contributed by atoms with Gasteiger partial charge in [-0.25, -0.2) is 13.6 Å². The minimum atomic E-state index is -3.11. The number of methoxy groups -OCH3 is 1. The summed E-state index contributed by atoms with van der Waals surface area (Å²) in [5.41, 5.74) is -1.49. The lowest BCUT2D eigenvalue weighted by atomic mass is 10.2. The number of nitrogens with zero attached hydrogens (tertiary/aromatic N) is 2. The highest BCUT2D eigenvalue weighted by Crippen LogP contribution is 2.30. The number of aromatic nitrogens is 1.